The lowest BCUT2D eigenvalue weighted by Gasteiger charge is -2.12. The Morgan fingerprint density at radius 3 is 2.71 bits per heavy atom. The first-order chi connectivity index (χ1) is 10.1. The molecule has 0 aliphatic carbocycles. The third-order valence-electron chi connectivity index (χ3n) is 2.80. The number of nitrogens with one attached hydrogen (secondary N) is 2. The number of nitrogens with zero attached hydrogens (tertiary/aromatic N) is 1. The predicted octanol–water partition coefficient (Wildman–Crippen LogP) is 3.16. The molecular weight excluding hydrogens is 266 g/mol. The highest BCUT2D eigenvalue weighted by molar-refractivity contribution is 6.04. The summed E-state index contributed by atoms with van der Waals surface area (Å²) in [6.07, 6.45) is 1.61. The summed E-state index contributed by atoms with van der Waals surface area (Å²) in [6.45, 7) is 4.07. The maximum absolute atomic E-state index is 12.3. The molecule has 0 aliphatic heterocycles. The summed E-state index contributed by atoms with van der Waals surface area (Å²) in [7, 11) is 1.57. The number of hydrogen-bond acceptors (Lipinski definition) is 4. The molecule has 1 aromatic heterocycles. The fourth-order valence-corrected chi connectivity index (χ4v) is 1.91. The first-order valence-corrected chi connectivity index (χ1v) is 6.77. The van der Waals surface area contributed by atoms with Gasteiger partial charge in [0.25, 0.3) is 5.91 Å². The second-order valence-electron chi connectivity index (χ2n) is 4.88. The van der Waals surface area contributed by atoms with Gasteiger partial charge in [0.2, 0.25) is 0 Å². The molecule has 2 N–H and O–H groups in total. The normalized spacial score (nSPS) is 10.3. The highest BCUT2D eigenvalue weighted by Crippen LogP contribution is 2.23. The molecule has 1 amide bonds. The number of methoxy groups -OCH3 is 1. The number of pyridine rings is 1. The molecular formula is C16H19N3O2. The van der Waals surface area contributed by atoms with Crippen LogP contribution in [0.2, 0.25) is 0 Å². The zero-order chi connectivity index (χ0) is 15.2. The van der Waals surface area contributed by atoms with E-state index in [1.165, 1.54) is 0 Å². The fraction of sp³-hybridized carbons (Fsp3) is 0.250. The van der Waals surface area contributed by atoms with E-state index >= 15 is 0 Å². The molecule has 0 spiro atoms. The van der Waals surface area contributed by atoms with E-state index in [0.717, 1.165) is 5.69 Å². The number of rotatable bonds is 5. The molecule has 5 nitrogen and oxygen atoms in total. The van der Waals surface area contributed by atoms with Crippen LogP contribution in [0.3, 0.4) is 0 Å². The van der Waals surface area contributed by atoms with Crippen molar-refractivity contribution in [1.82, 2.24) is 4.98 Å². The lowest BCUT2D eigenvalue weighted by atomic mass is 10.2. The van der Waals surface area contributed by atoms with Crippen LogP contribution in [-0.4, -0.2) is 24.0 Å². The second-order valence-corrected chi connectivity index (χ2v) is 4.88. The number of aromatic nitrogens is 1. The Labute approximate surface area is 124 Å². The second kappa shape index (κ2) is 6.74. The van der Waals surface area contributed by atoms with Crippen LogP contribution in [0.1, 0.15) is 24.3 Å². The number of ether oxygens (including phenoxy) is 1. The van der Waals surface area contributed by atoms with Crippen molar-refractivity contribution in [3.63, 3.8) is 0 Å². The summed E-state index contributed by atoms with van der Waals surface area (Å²) in [5.41, 5.74) is 1.84. The highest BCUT2D eigenvalue weighted by atomic mass is 16.5. The van der Waals surface area contributed by atoms with Gasteiger partial charge in [-0.3, -0.25) is 9.78 Å². The smallest absolute Gasteiger partial charge is 0.274 e. The first kappa shape index (κ1) is 14.8. The van der Waals surface area contributed by atoms with E-state index in [0.29, 0.717) is 17.1 Å². The summed E-state index contributed by atoms with van der Waals surface area (Å²) in [5.74, 6) is 0.342. The summed E-state index contributed by atoms with van der Waals surface area (Å²) < 4.78 is 5.21. The fourth-order valence-electron chi connectivity index (χ4n) is 1.91. The Morgan fingerprint density at radius 2 is 2.00 bits per heavy atom. The van der Waals surface area contributed by atoms with Gasteiger partial charge in [0.05, 0.1) is 12.8 Å². The van der Waals surface area contributed by atoms with Crippen molar-refractivity contribution in [3.8, 4) is 5.75 Å². The van der Waals surface area contributed by atoms with E-state index in [1.54, 1.807) is 31.5 Å². The molecule has 0 saturated carbocycles. The molecule has 0 radical (unpaired) electrons. The average molecular weight is 285 g/mol. The molecule has 0 saturated heterocycles. The van der Waals surface area contributed by atoms with E-state index in [-0.39, 0.29) is 11.9 Å². The minimum atomic E-state index is -0.271. The van der Waals surface area contributed by atoms with Gasteiger partial charge in [-0.25, -0.2) is 0 Å². The van der Waals surface area contributed by atoms with Gasteiger partial charge in [-0.15, -0.1) is 0 Å². The third kappa shape index (κ3) is 3.95. The zero-order valence-electron chi connectivity index (χ0n) is 12.4. The zero-order valence-corrected chi connectivity index (χ0v) is 12.4. The van der Waals surface area contributed by atoms with Crippen LogP contribution in [0.4, 0.5) is 11.4 Å². The highest BCUT2D eigenvalue weighted by Gasteiger charge is 2.11. The van der Waals surface area contributed by atoms with E-state index in [1.807, 2.05) is 32.0 Å². The van der Waals surface area contributed by atoms with E-state index in [2.05, 4.69) is 15.6 Å². The number of benzene rings is 1. The maximum Gasteiger partial charge on any atom is 0.274 e. The predicted molar refractivity (Wildman–Crippen MR) is 83.9 cm³/mol. The van der Waals surface area contributed by atoms with Crippen molar-refractivity contribution in [3.05, 3.63) is 48.3 Å². The minimum Gasteiger partial charge on any atom is -0.495 e. The molecule has 0 atom stereocenters. The lowest BCUT2D eigenvalue weighted by Crippen LogP contribution is -2.15. The van der Waals surface area contributed by atoms with Crippen molar-refractivity contribution < 1.29 is 9.53 Å². The average Bonchev–Trinajstić information content (AvgIpc) is 2.47. The summed E-state index contributed by atoms with van der Waals surface area (Å²) >= 11 is 0. The number of carbonyl (C=O) groups excluding carboxylic acids is 1. The first-order valence-electron chi connectivity index (χ1n) is 6.77. The van der Waals surface area contributed by atoms with Crippen LogP contribution in [0.15, 0.2) is 42.6 Å². The summed E-state index contributed by atoms with van der Waals surface area (Å²) in [6, 6.07) is 11.1. The SMILES string of the molecule is COc1ccccc1NC(=O)c1cc(NC(C)C)ccn1. The number of anilines is 2. The van der Waals surface area contributed by atoms with Crippen molar-refractivity contribution >= 4 is 17.3 Å². The van der Waals surface area contributed by atoms with E-state index in [9.17, 15) is 4.79 Å². The van der Waals surface area contributed by atoms with Crippen LogP contribution in [0.25, 0.3) is 0 Å². The Kier molecular flexibility index (Phi) is 4.77. The molecule has 0 unspecified atom stereocenters. The maximum atomic E-state index is 12.3. The van der Waals surface area contributed by atoms with Crippen LogP contribution in [-0.2, 0) is 0 Å². The van der Waals surface area contributed by atoms with Gasteiger partial charge in [0.1, 0.15) is 11.4 Å². The van der Waals surface area contributed by atoms with E-state index in [4.69, 9.17) is 4.74 Å². The van der Waals surface area contributed by atoms with Crippen molar-refractivity contribution in [2.45, 2.75) is 19.9 Å². The number of para-hydroxylation sites is 2. The van der Waals surface area contributed by atoms with Gasteiger partial charge < -0.3 is 15.4 Å². The minimum absolute atomic E-state index is 0.271. The van der Waals surface area contributed by atoms with Crippen molar-refractivity contribution in [2.75, 3.05) is 17.7 Å². The quantitative estimate of drug-likeness (QED) is 0.885. The number of amides is 1. The molecule has 0 fully saturated rings. The van der Waals surface area contributed by atoms with Gasteiger partial charge in [-0.1, -0.05) is 12.1 Å². The standard InChI is InChI=1S/C16H19N3O2/c1-11(2)18-12-8-9-17-14(10-12)16(20)19-13-6-4-5-7-15(13)21-3/h4-11H,1-3H3,(H,17,18)(H,19,20). The molecule has 2 aromatic rings. The molecule has 21 heavy (non-hydrogen) atoms. The van der Waals surface area contributed by atoms with Gasteiger partial charge in [-0.2, -0.15) is 0 Å². The largest absolute Gasteiger partial charge is 0.495 e. The van der Waals surface area contributed by atoms with Crippen LogP contribution in [0.5, 0.6) is 5.75 Å². The Hall–Kier alpha value is -2.56. The Morgan fingerprint density at radius 1 is 1.24 bits per heavy atom. The molecule has 5 heteroatoms. The van der Waals surface area contributed by atoms with Crippen LogP contribution >= 0.6 is 0 Å². The number of hydrogen-bond donors (Lipinski definition) is 2. The van der Waals surface area contributed by atoms with Crippen LogP contribution < -0.4 is 15.4 Å². The molecule has 1 heterocycles. The van der Waals surface area contributed by atoms with E-state index < -0.39 is 0 Å². The van der Waals surface area contributed by atoms with Gasteiger partial charge in [0.15, 0.2) is 0 Å². The van der Waals surface area contributed by atoms with Gasteiger partial charge in [0, 0.05) is 17.9 Å². The van der Waals surface area contributed by atoms with Crippen LogP contribution in [0, 0.1) is 0 Å². The molecule has 1 aromatic carbocycles. The summed E-state index contributed by atoms with van der Waals surface area (Å²) in [4.78, 5) is 16.4. The molecule has 2 rings (SSSR count). The molecule has 0 aliphatic rings. The topological polar surface area (TPSA) is 63.2 Å². The third-order valence-corrected chi connectivity index (χ3v) is 2.80. The van der Waals surface area contributed by atoms with Gasteiger partial charge in [-0.05, 0) is 38.1 Å². The molecule has 0 bridgehead atoms. The van der Waals surface area contributed by atoms with Crippen molar-refractivity contribution in [1.29, 1.82) is 0 Å². The Bertz CT molecular complexity index is 626. The lowest BCUT2D eigenvalue weighted by molar-refractivity contribution is 0.102. The summed E-state index contributed by atoms with van der Waals surface area (Å²) in [5, 5.41) is 6.05. The monoisotopic (exact) mass is 285 g/mol. The number of carbonyl (C=O) groups is 1. The Balaban J connectivity index is 2.16. The van der Waals surface area contributed by atoms with Gasteiger partial charge >= 0.3 is 0 Å². The molecule has 110 valence electrons. The van der Waals surface area contributed by atoms with Crippen molar-refractivity contribution in [2.24, 2.45) is 0 Å².